The number of halogens is 1. The van der Waals surface area contributed by atoms with E-state index in [0.717, 1.165) is 31.0 Å². The first kappa shape index (κ1) is 15.3. The number of ether oxygens (including phenoxy) is 1. The molecule has 0 bridgehead atoms. The number of nitrogens with one attached hydrogen (secondary N) is 1. The van der Waals surface area contributed by atoms with Crippen molar-refractivity contribution in [2.24, 2.45) is 0 Å². The van der Waals surface area contributed by atoms with Crippen molar-refractivity contribution in [3.05, 3.63) is 23.2 Å². The van der Waals surface area contributed by atoms with Crippen LogP contribution in [-0.2, 0) is 0 Å². The van der Waals surface area contributed by atoms with Crippen LogP contribution in [0.1, 0.15) is 13.3 Å². The molecule has 2 amide bonds. The number of hydrogen-bond acceptors (Lipinski definition) is 3. The number of amides is 2. The highest BCUT2D eigenvalue weighted by Crippen LogP contribution is 2.28. The van der Waals surface area contributed by atoms with Crippen LogP contribution in [0.5, 0.6) is 5.75 Å². The van der Waals surface area contributed by atoms with E-state index in [1.807, 2.05) is 23.6 Å². The van der Waals surface area contributed by atoms with Crippen molar-refractivity contribution in [2.75, 3.05) is 36.5 Å². The van der Waals surface area contributed by atoms with E-state index in [9.17, 15) is 4.79 Å². The predicted molar refractivity (Wildman–Crippen MR) is 85.2 cm³/mol. The number of benzene rings is 1. The lowest BCUT2D eigenvalue weighted by Crippen LogP contribution is -2.40. The van der Waals surface area contributed by atoms with Crippen molar-refractivity contribution in [3.63, 3.8) is 0 Å². The molecule has 1 aromatic rings. The monoisotopic (exact) mass is 314 g/mol. The fraction of sp³-hybridized carbons (Fsp3) is 0.500. The van der Waals surface area contributed by atoms with Crippen molar-refractivity contribution >= 4 is 35.1 Å². The third kappa shape index (κ3) is 4.21. The van der Waals surface area contributed by atoms with Gasteiger partial charge in [0.25, 0.3) is 0 Å². The van der Waals surface area contributed by atoms with Gasteiger partial charge in [0.15, 0.2) is 0 Å². The van der Waals surface area contributed by atoms with Crippen LogP contribution >= 0.6 is 23.4 Å². The molecule has 1 aromatic carbocycles. The minimum atomic E-state index is -0.0890. The molecule has 6 heteroatoms. The molecular weight excluding hydrogens is 296 g/mol. The quantitative estimate of drug-likeness (QED) is 0.921. The Labute approximate surface area is 128 Å². The van der Waals surface area contributed by atoms with Gasteiger partial charge in [-0.15, -0.1) is 0 Å². The van der Waals surface area contributed by atoms with Gasteiger partial charge < -0.3 is 15.0 Å². The number of rotatable bonds is 4. The Balaban J connectivity index is 2.06. The van der Waals surface area contributed by atoms with Gasteiger partial charge in [0.2, 0.25) is 0 Å². The fourth-order valence-electron chi connectivity index (χ4n) is 1.90. The number of carbonyl (C=O) groups excluding carboxylic acids is 1. The number of anilines is 1. The van der Waals surface area contributed by atoms with Gasteiger partial charge in [-0.2, -0.15) is 11.8 Å². The van der Waals surface area contributed by atoms with Gasteiger partial charge >= 0.3 is 6.03 Å². The lowest BCUT2D eigenvalue weighted by atomic mass is 10.3. The second-order valence-electron chi connectivity index (χ2n) is 4.52. The summed E-state index contributed by atoms with van der Waals surface area (Å²) in [6, 6.07) is 5.19. The molecule has 110 valence electrons. The summed E-state index contributed by atoms with van der Waals surface area (Å²) in [6.07, 6.45) is 0.916. The topological polar surface area (TPSA) is 41.6 Å². The molecule has 1 heterocycles. The molecule has 0 aromatic heterocycles. The van der Waals surface area contributed by atoms with Crippen LogP contribution in [0, 0.1) is 0 Å². The maximum Gasteiger partial charge on any atom is 0.322 e. The van der Waals surface area contributed by atoms with E-state index in [4.69, 9.17) is 16.3 Å². The number of carbonyl (C=O) groups is 1. The van der Waals surface area contributed by atoms with Gasteiger partial charge in [0.05, 0.1) is 12.3 Å². The summed E-state index contributed by atoms with van der Waals surface area (Å²) in [5.41, 5.74) is 0.633. The van der Waals surface area contributed by atoms with Crippen LogP contribution in [0.3, 0.4) is 0 Å². The van der Waals surface area contributed by atoms with Crippen molar-refractivity contribution in [2.45, 2.75) is 13.3 Å². The molecule has 1 N–H and O–H groups in total. The molecule has 4 nitrogen and oxygen atoms in total. The molecule has 1 fully saturated rings. The van der Waals surface area contributed by atoms with Crippen LogP contribution in [0.2, 0.25) is 5.02 Å². The number of nitrogens with zero attached hydrogens (tertiary/aromatic N) is 1. The van der Waals surface area contributed by atoms with E-state index in [0.29, 0.717) is 23.1 Å². The van der Waals surface area contributed by atoms with Crippen molar-refractivity contribution in [1.29, 1.82) is 0 Å². The average Bonchev–Trinajstić information content (AvgIpc) is 2.47. The van der Waals surface area contributed by atoms with Crippen LogP contribution < -0.4 is 10.1 Å². The van der Waals surface area contributed by atoms with E-state index in [1.54, 1.807) is 18.2 Å². The maximum absolute atomic E-state index is 12.2. The summed E-state index contributed by atoms with van der Waals surface area (Å²) in [4.78, 5) is 14.0. The Bertz CT molecular complexity index is 464. The highest BCUT2D eigenvalue weighted by atomic mass is 35.5. The first-order valence-electron chi connectivity index (χ1n) is 6.76. The van der Waals surface area contributed by atoms with Gasteiger partial charge in [-0.05, 0) is 24.6 Å². The molecule has 1 aliphatic heterocycles. The zero-order valence-electron chi connectivity index (χ0n) is 11.5. The van der Waals surface area contributed by atoms with E-state index in [1.165, 1.54) is 0 Å². The van der Waals surface area contributed by atoms with Gasteiger partial charge in [-0.3, -0.25) is 0 Å². The fourth-order valence-corrected chi connectivity index (χ4v) is 2.97. The van der Waals surface area contributed by atoms with Crippen LogP contribution in [0.25, 0.3) is 0 Å². The minimum Gasteiger partial charge on any atom is -0.491 e. The number of thioether (sulfide) groups is 1. The Kier molecular flexibility index (Phi) is 5.86. The Hall–Kier alpha value is -1.07. The largest absolute Gasteiger partial charge is 0.491 e. The molecule has 0 radical (unpaired) electrons. The number of urea groups is 1. The second-order valence-corrected chi connectivity index (χ2v) is 6.18. The normalized spacial score (nSPS) is 15.0. The van der Waals surface area contributed by atoms with Crippen LogP contribution in [0.15, 0.2) is 18.2 Å². The molecule has 1 saturated heterocycles. The molecule has 20 heavy (non-hydrogen) atoms. The van der Waals surface area contributed by atoms with Crippen molar-refractivity contribution in [3.8, 4) is 5.75 Å². The number of hydrogen-bond donors (Lipinski definition) is 1. The molecule has 0 unspecified atom stereocenters. The first-order valence-corrected chi connectivity index (χ1v) is 8.30. The third-order valence-corrected chi connectivity index (χ3v) is 4.12. The molecule has 0 atom stereocenters. The summed E-state index contributed by atoms with van der Waals surface area (Å²) >= 11 is 7.87. The molecule has 2 rings (SSSR count). The zero-order valence-corrected chi connectivity index (χ0v) is 13.1. The Morgan fingerprint density at radius 3 is 2.90 bits per heavy atom. The van der Waals surface area contributed by atoms with E-state index >= 15 is 0 Å². The summed E-state index contributed by atoms with van der Waals surface area (Å²) < 4.78 is 5.63. The molecular formula is C14H19ClN2O2S. The standard InChI is InChI=1S/C14H19ClN2O2S/c1-2-7-19-13-4-3-11(15)10-12(13)16-14(18)17-5-8-20-9-6-17/h3-4,10H,2,5-9H2,1H3,(H,16,18). The molecule has 0 aliphatic carbocycles. The van der Waals surface area contributed by atoms with Gasteiger partial charge in [-0.1, -0.05) is 18.5 Å². The summed E-state index contributed by atoms with van der Waals surface area (Å²) in [5.74, 6) is 2.64. The van der Waals surface area contributed by atoms with E-state index < -0.39 is 0 Å². The SMILES string of the molecule is CCCOc1ccc(Cl)cc1NC(=O)N1CCSCC1. The summed E-state index contributed by atoms with van der Waals surface area (Å²) in [6.45, 7) is 4.22. The van der Waals surface area contributed by atoms with E-state index in [2.05, 4.69) is 5.32 Å². The summed E-state index contributed by atoms with van der Waals surface area (Å²) in [5, 5.41) is 3.48. The second kappa shape index (κ2) is 7.64. The summed E-state index contributed by atoms with van der Waals surface area (Å²) in [7, 11) is 0. The highest BCUT2D eigenvalue weighted by Gasteiger charge is 2.18. The van der Waals surface area contributed by atoms with Crippen LogP contribution in [-0.4, -0.2) is 42.1 Å². The van der Waals surface area contributed by atoms with Crippen molar-refractivity contribution < 1.29 is 9.53 Å². The lowest BCUT2D eigenvalue weighted by Gasteiger charge is -2.27. The third-order valence-electron chi connectivity index (χ3n) is 2.94. The van der Waals surface area contributed by atoms with E-state index in [-0.39, 0.29) is 6.03 Å². The Morgan fingerprint density at radius 1 is 1.45 bits per heavy atom. The zero-order chi connectivity index (χ0) is 14.4. The molecule has 1 aliphatic rings. The van der Waals surface area contributed by atoms with Gasteiger partial charge in [0, 0.05) is 29.6 Å². The molecule has 0 spiro atoms. The first-order chi connectivity index (χ1) is 9.70. The van der Waals surface area contributed by atoms with Gasteiger partial charge in [-0.25, -0.2) is 4.79 Å². The minimum absolute atomic E-state index is 0.0890. The average molecular weight is 315 g/mol. The van der Waals surface area contributed by atoms with Crippen LogP contribution in [0.4, 0.5) is 10.5 Å². The predicted octanol–water partition coefficient (Wildman–Crippen LogP) is 3.71. The maximum atomic E-state index is 12.2. The Morgan fingerprint density at radius 2 is 2.20 bits per heavy atom. The van der Waals surface area contributed by atoms with Crippen molar-refractivity contribution in [1.82, 2.24) is 4.90 Å². The molecule has 0 saturated carbocycles. The highest BCUT2D eigenvalue weighted by molar-refractivity contribution is 7.99. The smallest absolute Gasteiger partial charge is 0.322 e. The van der Waals surface area contributed by atoms with Gasteiger partial charge in [0.1, 0.15) is 5.75 Å². The lowest BCUT2D eigenvalue weighted by molar-refractivity contribution is 0.216.